The van der Waals surface area contributed by atoms with Crippen molar-refractivity contribution in [3.63, 3.8) is 0 Å². The lowest BCUT2D eigenvalue weighted by molar-refractivity contribution is -0.118. The van der Waals surface area contributed by atoms with E-state index in [0.717, 1.165) is 52.0 Å². The summed E-state index contributed by atoms with van der Waals surface area (Å²) in [4.78, 5) is 29.1. The summed E-state index contributed by atoms with van der Waals surface area (Å²) in [5, 5.41) is 10.2. The summed E-state index contributed by atoms with van der Waals surface area (Å²) < 4.78 is 14.9. The molecule has 0 unspecified atom stereocenters. The molecule has 2 fully saturated rings. The lowest BCUT2D eigenvalue weighted by Gasteiger charge is -2.42. The van der Waals surface area contributed by atoms with Crippen molar-refractivity contribution >= 4 is 17.6 Å². The summed E-state index contributed by atoms with van der Waals surface area (Å²) in [5.41, 5.74) is 1.18. The number of hydrogen-bond acceptors (Lipinski definition) is 5. The van der Waals surface area contributed by atoms with Gasteiger partial charge in [-0.1, -0.05) is 12.1 Å². The van der Waals surface area contributed by atoms with Crippen LogP contribution in [0.25, 0.3) is 0 Å². The van der Waals surface area contributed by atoms with Crippen molar-refractivity contribution in [1.29, 1.82) is 0 Å². The van der Waals surface area contributed by atoms with Crippen LogP contribution in [0.15, 0.2) is 36.5 Å². The highest BCUT2D eigenvalue weighted by Crippen LogP contribution is 2.25. The van der Waals surface area contributed by atoms with Crippen molar-refractivity contribution in [2.45, 2.75) is 38.6 Å². The number of halogens is 1. The molecular weight excluding hydrogens is 447 g/mol. The molecule has 3 heterocycles. The number of rotatable bonds is 8. The smallest absolute Gasteiger partial charge is 0.320 e. The summed E-state index contributed by atoms with van der Waals surface area (Å²) in [7, 11) is 1.81. The predicted octanol–water partition coefficient (Wildman–Crippen LogP) is 2.91. The van der Waals surface area contributed by atoms with E-state index in [-0.39, 0.29) is 29.6 Å². The van der Waals surface area contributed by atoms with E-state index in [4.69, 9.17) is 0 Å². The Labute approximate surface area is 206 Å². The quantitative estimate of drug-likeness (QED) is 0.602. The molecule has 9 heteroatoms. The highest BCUT2D eigenvalue weighted by Gasteiger charge is 2.33. The number of likely N-dealkylation sites (tertiary alicyclic amines) is 2. The molecule has 3 atom stereocenters. The number of aryl methyl sites for hydroxylation is 1. The number of nitrogens with one attached hydrogen (secondary N) is 2. The van der Waals surface area contributed by atoms with Gasteiger partial charge >= 0.3 is 6.03 Å². The van der Waals surface area contributed by atoms with Gasteiger partial charge in [0, 0.05) is 57.4 Å². The van der Waals surface area contributed by atoms with E-state index < -0.39 is 0 Å². The van der Waals surface area contributed by atoms with E-state index in [1.54, 1.807) is 23.9 Å². The van der Waals surface area contributed by atoms with Crippen LogP contribution in [0.5, 0.6) is 0 Å². The van der Waals surface area contributed by atoms with Gasteiger partial charge < -0.3 is 10.2 Å². The molecule has 0 bridgehead atoms. The molecule has 2 saturated heterocycles. The number of urea groups is 1. The van der Waals surface area contributed by atoms with Crippen LogP contribution in [-0.2, 0) is 18.3 Å². The fourth-order valence-electron chi connectivity index (χ4n) is 5.51. The van der Waals surface area contributed by atoms with Crippen LogP contribution in [0.1, 0.15) is 31.7 Å². The Kier molecular flexibility index (Phi) is 8.51. The first-order valence-corrected chi connectivity index (χ1v) is 12.6. The maximum Gasteiger partial charge on any atom is 0.320 e. The Morgan fingerprint density at radius 1 is 1.09 bits per heavy atom. The SMILES string of the molecule is CC(=O)CN1CC[C@@H](NC(=O)Nc2ccn(C)n2)[C@H](CN2CCC[C@@H](Cc3ccc(F)cc3)C2)C1. The number of aromatic nitrogens is 2. The predicted molar refractivity (Wildman–Crippen MR) is 134 cm³/mol. The van der Waals surface area contributed by atoms with Crippen LogP contribution in [0.4, 0.5) is 15.0 Å². The largest absolute Gasteiger partial charge is 0.335 e. The third-order valence-corrected chi connectivity index (χ3v) is 7.07. The maximum absolute atomic E-state index is 13.3. The van der Waals surface area contributed by atoms with Gasteiger partial charge in [0.1, 0.15) is 11.6 Å². The molecule has 0 saturated carbocycles. The van der Waals surface area contributed by atoms with Crippen molar-refractivity contribution in [3.8, 4) is 0 Å². The third kappa shape index (κ3) is 7.60. The molecule has 4 rings (SSSR count). The van der Waals surface area contributed by atoms with Crippen LogP contribution in [0, 0.1) is 17.7 Å². The number of amides is 2. The topological polar surface area (TPSA) is 82.5 Å². The monoisotopic (exact) mass is 484 g/mol. The van der Waals surface area contributed by atoms with Gasteiger partial charge in [0.15, 0.2) is 5.82 Å². The molecule has 2 amide bonds. The first kappa shape index (κ1) is 25.3. The minimum atomic E-state index is -0.244. The Bertz CT molecular complexity index is 994. The molecule has 0 aliphatic carbocycles. The van der Waals surface area contributed by atoms with Gasteiger partial charge in [0.2, 0.25) is 0 Å². The highest BCUT2D eigenvalue weighted by atomic mass is 19.1. The normalized spacial score (nSPS) is 23.7. The zero-order valence-corrected chi connectivity index (χ0v) is 20.8. The fourth-order valence-corrected chi connectivity index (χ4v) is 5.51. The van der Waals surface area contributed by atoms with E-state index in [2.05, 4.69) is 25.5 Å². The van der Waals surface area contributed by atoms with Crippen molar-refractivity contribution in [3.05, 3.63) is 47.9 Å². The summed E-state index contributed by atoms with van der Waals surface area (Å²) in [6, 6.07) is 8.39. The van der Waals surface area contributed by atoms with Gasteiger partial charge in [0.25, 0.3) is 0 Å². The summed E-state index contributed by atoms with van der Waals surface area (Å²) in [6.07, 6.45) is 5.85. The van der Waals surface area contributed by atoms with Crippen molar-refractivity contribution in [2.75, 3.05) is 44.6 Å². The summed E-state index contributed by atoms with van der Waals surface area (Å²) in [6.45, 7) is 6.57. The first-order chi connectivity index (χ1) is 16.8. The molecule has 2 aliphatic rings. The number of Topliss-reactive ketones (excluding diaryl/α,β-unsaturated/α-hetero) is 1. The van der Waals surface area contributed by atoms with Crippen LogP contribution >= 0.6 is 0 Å². The van der Waals surface area contributed by atoms with Gasteiger partial charge in [-0.2, -0.15) is 5.10 Å². The molecule has 1 aromatic heterocycles. The minimum Gasteiger partial charge on any atom is -0.335 e. The molecular formula is C26H37FN6O2. The molecule has 8 nitrogen and oxygen atoms in total. The van der Waals surface area contributed by atoms with Crippen LogP contribution < -0.4 is 10.6 Å². The Hall–Kier alpha value is -2.78. The lowest BCUT2D eigenvalue weighted by atomic mass is 9.88. The van der Waals surface area contributed by atoms with Gasteiger partial charge in [-0.15, -0.1) is 0 Å². The molecule has 1 aromatic carbocycles. The Morgan fingerprint density at radius 2 is 1.89 bits per heavy atom. The maximum atomic E-state index is 13.3. The van der Waals surface area contributed by atoms with E-state index in [9.17, 15) is 14.0 Å². The summed E-state index contributed by atoms with van der Waals surface area (Å²) in [5.74, 6) is 1.25. The molecule has 2 aromatic rings. The number of carbonyl (C=O) groups is 2. The third-order valence-electron chi connectivity index (χ3n) is 7.07. The number of hydrogen-bond donors (Lipinski definition) is 2. The zero-order valence-electron chi connectivity index (χ0n) is 20.8. The van der Waals surface area contributed by atoms with Gasteiger partial charge in [-0.3, -0.25) is 19.7 Å². The highest BCUT2D eigenvalue weighted by molar-refractivity contribution is 5.88. The Balaban J connectivity index is 1.36. The van der Waals surface area contributed by atoms with Crippen LogP contribution in [0.3, 0.4) is 0 Å². The zero-order chi connectivity index (χ0) is 24.8. The fraction of sp³-hybridized carbons (Fsp3) is 0.577. The van der Waals surface area contributed by atoms with Crippen molar-refractivity contribution in [2.24, 2.45) is 18.9 Å². The van der Waals surface area contributed by atoms with E-state index in [0.29, 0.717) is 18.3 Å². The average Bonchev–Trinajstić information content (AvgIpc) is 3.21. The average molecular weight is 485 g/mol. The van der Waals surface area contributed by atoms with E-state index in [1.807, 2.05) is 19.2 Å². The van der Waals surface area contributed by atoms with Crippen molar-refractivity contribution < 1.29 is 14.0 Å². The van der Waals surface area contributed by atoms with E-state index in [1.165, 1.54) is 24.1 Å². The molecule has 0 radical (unpaired) electrons. The lowest BCUT2D eigenvalue weighted by Crippen LogP contribution is -2.56. The van der Waals surface area contributed by atoms with Gasteiger partial charge in [0.05, 0.1) is 6.54 Å². The number of nitrogens with zero attached hydrogens (tertiary/aromatic N) is 4. The van der Waals surface area contributed by atoms with Crippen LogP contribution in [-0.4, -0.2) is 76.7 Å². The van der Waals surface area contributed by atoms with E-state index >= 15 is 0 Å². The number of ketones is 1. The first-order valence-electron chi connectivity index (χ1n) is 12.6. The number of carbonyl (C=O) groups excluding carboxylic acids is 2. The molecule has 2 N–H and O–H groups in total. The minimum absolute atomic E-state index is 0.0272. The molecule has 0 spiro atoms. The molecule has 2 aliphatic heterocycles. The number of benzene rings is 1. The summed E-state index contributed by atoms with van der Waals surface area (Å²) >= 11 is 0. The second-order valence-electron chi connectivity index (χ2n) is 10.2. The number of piperidine rings is 2. The van der Waals surface area contributed by atoms with Gasteiger partial charge in [-0.25, -0.2) is 9.18 Å². The second kappa shape index (κ2) is 11.8. The number of anilines is 1. The molecule has 35 heavy (non-hydrogen) atoms. The Morgan fingerprint density at radius 3 is 2.60 bits per heavy atom. The standard InChI is InChI=1S/C26H37FN6O2/c1-19(34)15-33-13-9-24(28-26(35)29-25-10-12-31(2)30-25)22(18-33)17-32-11-3-4-21(16-32)14-20-5-7-23(27)8-6-20/h5-8,10,12,21-22,24H,3-4,9,11,13-18H2,1-2H3,(H2,28,29,30,35)/t21-,22+,24+/m0/s1. The van der Waals surface area contributed by atoms with Crippen molar-refractivity contribution in [1.82, 2.24) is 24.9 Å². The second-order valence-corrected chi connectivity index (χ2v) is 10.2. The molecule has 190 valence electrons. The van der Waals surface area contributed by atoms with Crippen LogP contribution in [0.2, 0.25) is 0 Å². The van der Waals surface area contributed by atoms with Gasteiger partial charge in [-0.05, 0) is 62.8 Å².